The lowest BCUT2D eigenvalue weighted by atomic mass is 9.70. The Kier molecular flexibility index (Phi) is 2.48. The number of nitrogens with one attached hydrogen (secondary N) is 1. The highest BCUT2D eigenvalue weighted by atomic mass is 16.5. The van der Waals surface area contributed by atoms with Gasteiger partial charge in [-0.15, -0.1) is 0 Å². The molecule has 0 aromatic carbocycles. The molecule has 84 valence electrons. The van der Waals surface area contributed by atoms with Gasteiger partial charge in [0.2, 0.25) is 0 Å². The highest BCUT2D eigenvalue weighted by Gasteiger charge is 2.57. The van der Waals surface area contributed by atoms with Crippen molar-refractivity contribution in [3.05, 3.63) is 24.6 Å². The number of nitrogens with two attached hydrogens (primary N) is 1. The van der Waals surface area contributed by atoms with Crippen molar-refractivity contribution in [1.82, 2.24) is 10.4 Å². The van der Waals surface area contributed by atoms with Gasteiger partial charge in [0.05, 0.1) is 0 Å². The number of allylic oxidation sites excluding steroid dienone is 2. The Morgan fingerprint density at radius 1 is 1.73 bits per heavy atom. The van der Waals surface area contributed by atoms with E-state index in [-0.39, 0.29) is 11.6 Å². The molecule has 1 spiro atoms. The highest BCUT2D eigenvalue weighted by Crippen LogP contribution is 2.50. The van der Waals surface area contributed by atoms with E-state index in [0.29, 0.717) is 11.8 Å². The topological polar surface area (TPSA) is 50.5 Å². The molecule has 1 aliphatic carbocycles. The van der Waals surface area contributed by atoms with Crippen molar-refractivity contribution < 1.29 is 4.74 Å². The monoisotopic (exact) mass is 209 g/mol. The molecule has 4 heteroatoms. The first kappa shape index (κ1) is 10.5. The van der Waals surface area contributed by atoms with Crippen LogP contribution < -0.4 is 11.2 Å². The van der Waals surface area contributed by atoms with Gasteiger partial charge in [-0.3, -0.25) is 5.43 Å². The zero-order valence-electron chi connectivity index (χ0n) is 9.36. The lowest BCUT2D eigenvalue weighted by molar-refractivity contribution is -0.233. The number of nitrogens with zero attached hydrogens (tertiary/aromatic N) is 1. The van der Waals surface area contributed by atoms with E-state index in [4.69, 9.17) is 10.5 Å². The average Bonchev–Trinajstić information content (AvgIpc) is 2.55. The lowest BCUT2D eigenvalue weighted by Crippen LogP contribution is -2.70. The normalized spacial score (nSPS) is 39.3. The first-order valence-corrected chi connectivity index (χ1v) is 5.32. The van der Waals surface area contributed by atoms with Crippen LogP contribution >= 0.6 is 0 Å². The van der Waals surface area contributed by atoms with Crippen molar-refractivity contribution in [2.45, 2.75) is 19.6 Å². The molecule has 0 aromatic rings. The van der Waals surface area contributed by atoms with Crippen molar-refractivity contribution >= 4 is 0 Å². The summed E-state index contributed by atoms with van der Waals surface area (Å²) in [7, 11) is 1.90. The van der Waals surface area contributed by atoms with Crippen molar-refractivity contribution in [3.63, 3.8) is 0 Å². The van der Waals surface area contributed by atoms with Gasteiger partial charge in [0.25, 0.3) is 0 Å². The molecular weight excluding hydrogens is 190 g/mol. The van der Waals surface area contributed by atoms with Crippen molar-refractivity contribution in [2.75, 3.05) is 13.6 Å². The Morgan fingerprint density at radius 3 is 2.93 bits per heavy atom. The SMILES string of the molecule is C=C(N)OC1N(NC)CC12CC=CC2C. The molecule has 0 bridgehead atoms. The first-order valence-electron chi connectivity index (χ1n) is 5.32. The molecule has 0 amide bonds. The molecule has 3 atom stereocenters. The van der Waals surface area contributed by atoms with Gasteiger partial charge in [-0.05, 0) is 26.0 Å². The lowest BCUT2D eigenvalue weighted by Gasteiger charge is -2.56. The summed E-state index contributed by atoms with van der Waals surface area (Å²) in [6.07, 6.45) is 5.55. The third-order valence-electron chi connectivity index (χ3n) is 3.62. The summed E-state index contributed by atoms with van der Waals surface area (Å²) in [5.74, 6) is 0.824. The molecule has 1 saturated heterocycles. The summed E-state index contributed by atoms with van der Waals surface area (Å²) in [4.78, 5) is 0. The molecule has 15 heavy (non-hydrogen) atoms. The van der Waals surface area contributed by atoms with E-state index >= 15 is 0 Å². The summed E-state index contributed by atoms with van der Waals surface area (Å²) in [5, 5.41) is 2.06. The van der Waals surface area contributed by atoms with Crippen LogP contribution in [0.1, 0.15) is 13.3 Å². The van der Waals surface area contributed by atoms with Crippen LogP contribution in [0.5, 0.6) is 0 Å². The molecular formula is C11H19N3O. The second-order valence-electron chi connectivity index (χ2n) is 4.44. The number of hydrogen-bond acceptors (Lipinski definition) is 4. The third kappa shape index (κ3) is 1.44. The molecule has 4 nitrogen and oxygen atoms in total. The van der Waals surface area contributed by atoms with E-state index in [1.54, 1.807) is 0 Å². The van der Waals surface area contributed by atoms with Gasteiger partial charge >= 0.3 is 0 Å². The van der Waals surface area contributed by atoms with Crippen LogP contribution in [0.4, 0.5) is 0 Å². The molecule has 3 unspecified atom stereocenters. The molecule has 1 fully saturated rings. The summed E-state index contributed by atoms with van der Waals surface area (Å²) in [5.41, 5.74) is 8.82. The molecule has 3 N–H and O–H groups in total. The maximum absolute atomic E-state index is 5.60. The van der Waals surface area contributed by atoms with Gasteiger partial charge in [0.15, 0.2) is 12.1 Å². The highest BCUT2D eigenvalue weighted by molar-refractivity contribution is 5.16. The zero-order valence-corrected chi connectivity index (χ0v) is 9.36. The van der Waals surface area contributed by atoms with Crippen molar-refractivity contribution in [2.24, 2.45) is 17.1 Å². The van der Waals surface area contributed by atoms with E-state index in [2.05, 4.69) is 36.1 Å². The van der Waals surface area contributed by atoms with Crippen molar-refractivity contribution in [3.8, 4) is 0 Å². The van der Waals surface area contributed by atoms with Crippen LogP contribution in [0.15, 0.2) is 24.6 Å². The Hall–Kier alpha value is -1.00. The molecule has 0 aromatic heterocycles. The zero-order chi connectivity index (χ0) is 11.1. The summed E-state index contributed by atoms with van der Waals surface area (Å²) in [6.45, 7) is 6.83. The van der Waals surface area contributed by atoms with E-state index in [9.17, 15) is 0 Å². The second kappa shape index (κ2) is 3.54. The summed E-state index contributed by atoms with van der Waals surface area (Å²) >= 11 is 0. The van der Waals surface area contributed by atoms with E-state index in [1.807, 2.05) is 7.05 Å². The minimum absolute atomic E-state index is 0.00463. The van der Waals surface area contributed by atoms with Crippen LogP contribution in [-0.2, 0) is 4.74 Å². The van der Waals surface area contributed by atoms with E-state index in [0.717, 1.165) is 13.0 Å². The molecule has 1 heterocycles. The molecule has 2 rings (SSSR count). The van der Waals surface area contributed by atoms with Crippen molar-refractivity contribution in [1.29, 1.82) is 0 Å². The standard InChI is InChI=1S/C11H19N3O/c1-8-5-4-6-11(8)7-14(13-3)10(11)15-9(2)12/h4-5,8,10,13H,2,6-7,12H2,1,3H3. The largest absolute Gasteiger partial charge is 0.459 e. The fourth-order valence-electron chi connectivity index (χ4n) is 2.60. The van der Waals surface area contributed by atoms with Gasteiger partial charge in [-0.1, -0.05) is 19.1 Å². The number of rotatable bonds is 3. The maximum Gasteiger partial charge on any atom is 0.178 e. The van der Waals surface area contributed by atoms with E-state index in [1.165, 1.54) is 0 Å². The van der Waals surface area contributed by atoms with Gasteiger partial charge in [-0.2, -0.15) is 0 Å². The van der Waals surface area contributed by atoms with Crippen LogP contribution in [0.3, 0.4) is 0 Å². The Bertz CT molecular complexity index is 302. The Labute approximate surface area is 90.7 Å². The fraction of sp³-hybridized carbons (Fsp3) is 0.636. The minimum atomic E-state index is 0.00463. The Balaban J connectivity index is 2.11. The van der Waals surface area contributed by atoms with Crippen LogP contribution in [0.25, 0.3) is 0 Å². The smallest absolute Gasteiger partial charge is 0.178 e. The van der Waals surface area contributed by atoms with Gasteiger partial charge < -0.3 is 10.5 Å². The molecule has 0 saturated carbocycles. The first-order chi connectivity index (χ1) is 7.10. The number of ether oxygens (including phenoxy) is 1. The Morgan fingerprint density at radius 2 is 2.47 bits per heavy atom. The molecule has 1 aliphatic heterocycles. The minimum Gasteiger partial charge on any atom is -0.459 e. The fourth-order valence-corrected chi connectivity index (χ4v) is 2.60. The van der Waals surface area contributed by atoms with Crippen LogP contribution in [-0.4, -0.2) is 24.8 Å². The predicted molar refractivity (Wildman–Crippen MR) is 59.3 cm³/mol. The van der Waals surface area contributed by atoms with Gasteiger partial charge in [0.1, 0.15) is 0 Å². The molecule has 2 aliphatic rings. The summed E-state index contributed by atoms with van der Waals surface area (Å²) in [6, 6.07) is 0. The predicted octanol–water partition coefficient (Wildman–Crippen LogP) is 0.791. The maximum atomic E-state index is 5.60. The number of hydrogen-bond donors (Lipinski definition) is 2. The van der Waals surface area contributed by atoms with Crippen LogP contribution in [0.2, 0.25) is 0 Å². The van der Waals surface area contributed by atoms with Crippen LogP contribution in [0, 0.1) is 11.3 Å². The number of hydrazine groups is 1. The average molecular weight is 209 g/mol. The molecule has 0 radical (unpaired) electrons. The summed E-state index contributed by atoms with van der Waals surface area (Å²) < 4.78 is 5.60. The quantitative estimate of drug-likeness (QED) is 0.533. The second-order valence-corrected chi connectivity index (χ2v) is 4.44. The van der Waals surface area contributed by atoms with E-state index < -0.39 is 0 Å². The third-order valence-corrected chi connectivity index (χ3v) is 3.62. The van der Waals surface area contributed by atoms with Gasteiger partial charge in [-0.25, -0.2) is 5.01 Å². The van der Waals surface area contributed by atoms with Gasteiger partial charge in [0, 0.05) is 12.0 Å².